The Morgan fingerprint density at radius 3 is 3.06 bits per heavy atom. The van der Waals surface area contributed by atoms with E-state index in [4.69, 9.17) is 0 Å². The van der Waals surface area contributed by atoms with Crippen LogP contribution < -0.4 is 5.32 Å². The lowest BCUT2D eigenvalue weighted by atomic mass is 9.88. The fourth-order valence-corrected chi connectivity index (χ4v) is 2.90. The number of hydrogen-bond acceptors (Lipinski definition) is 2. The number of hydrogen-bond donors (Lipinski definition) is 1. The van der Waals surface area contributed by atoms with E-state index in [0.717, 1.165) is 17.4 Å². The number of halogens is 1. The van der Waals surface area contributed by atoms with E-state index in [0.29, 0.717) is 5.92 Å². The zero-order chi connectivity index (χ0) is 11.8. The fraction of sp³-hybridized carbons (Fsp3) is 0.308. The smallest absolute Gasteiger partial charge is 0.0492 e. The molecule has 0 amide bonds. The van der Waals surface area contributed by atoms with Crippen molar-refractivity contribution in [2.75, 3.05) is 11.9 Å². The van der Waals surface area contributed by atoms with E-state index < -0.39 is 0 Å². The summed E-state index contributed by atoms with van der Waals surface area (Å²) in [5.74, 6) is 0.441. The first-order valence-electron chi connectivity index (χ1n) is 5.77. The highest BCUT2D eigenvalue weighted by molar-refractivity contribution is 9.10. The molecule has 17 heavy (non-hydrogen) atoms. The zero-order valence-corrected chi connectivity index (χ0v) is 11.2. The molecule has 1 atom stereocenters. The van der Waals surface area contributed by atoms with E-state index in [-0.39, 0.29) is 0 Å². The highest BCUT2D eigenvalue weighted by Crippen LogP contribution is 2.37. The van der Waals surface area contributed by atoms with Gasteiger partial charge in [-0.3, -0.25) is 4.68 Å². The molecule has 1 N–H and O–H groups in total. The Bertz CT molecular complexity index is 547. The van der Waals surface area contributed by atoms with Crippen LogP contribution in [-0.4, -0.2) is 16.3 Å². The standard InChI is InChI=1S/C13H14BrN3/c1-17-13(5-7-16-17)10-4-6-15-12-3-2-9(14)8-11(10)12/h2-3,5,7-8,10,15H,4,6H2,1H3. The molecule has 88 valence electrons. The number of nitrogens with zero attached hydrogens (tertiary/aromatic N) is 2. The first-order chi connectivity index (χ1) is 8.25. The lowest BCUT2D eigenvalue weighted by molar-refractivity contribution is 0.626. The third kappa shape index (κ3) is 1.86. The Labute approximate surface area is 109 Å². The molecule has 3 nitrogen and oxygen atoms in total. The summed E-state index contributed by atoms with van der Waals surface area (Å²) in [5.41, 5.74) is 3.88. The van der Waals surface area contributed by atoms with Crippen molar-refractivity contribution in [1.82, 2.24) is 9.78 Å². The minimum absolute atomic E-state index is 0.441. The van der Waals surface area contributed by atoms with Crippen molar-refractivity contribution in [3.63, 3.8) is 0 Å². The van der Waals surface area contributed by atoms with Crippen molar-refractivity contribution in [2.24, 2.45) is 7.05 Å². The van der Waals surface area contributed by atoms with E-state index in [9.17, 15) is 0 Å². The first kappa shape index (κ1) is 10.8. The number of nitrogens with one attached hydrogen (secondary N) is 1. The van der Waals surface area contributed by atoms with Crippen molar-refractivity contribution in [3.05, 3.63) is 46.2 Å². The van der Waals surface area contributed by atoms with Crippen LogP contribution in [0.5, 0.6) is 0 Å². The Kier molecular flexibility index (Phi) is 2.67. The van der Waals surface area contributed by atoms with Crippen LogP contribution in [-0.2, 0) is 7.05 Å². The lowest BCUT2D eigenvalue weighted by Gasteiger charge is -2.27. The number of benzene rings is 1. The molecule has 0 bridgehead atoms. The molecule has 3 rings (SSSR count). The van der Waals surface area contributed by atoms with Crippen LogP contribution in [0.3, 0.4) is 0 Å². The molecular formula is C13H14BrN3. The highest BCUT2D eigenvalue weighted by atomic mass is 79.9. The summed E-state index contributed by atoms with van der Waals surface area (Å²) >= 11 is 3.55. The number of anilines is 1. The fourth-order valence-electron chi connectivity index (χ4n) is 2.52. The van der Waals surface area contributed by atoms with Gasteiger partial charge in [0.05, 0.1) is 0 Å². The number of rotatable bonds is 1. The first-order valence-corrected chi connectivity index (χ1v) is 6.56. The van der Waals surface area contributed by atoms with Gasteiger partial charge in [0.25, 0.3) is 0 Å². The summed E-state index contributed by atoms with van der Waals surface area (Å²) in [7, 11) is 2.01. The Morgan fingerprint density at radius 2 is 2.29 bits per heavy atom. The van der Waals surface area contributed by atoms with Crippen LogP contribution in [0.2, 0.25) is 0 Å². The van der Waals surface area contributed by atoms with Gasteiger partial charge in [0, 0.05) is 41.6 Å². The van der Waals surface area contributed by atoms with Crippen LogP contribution >= 0.6 is 15.9 Å². The van der Waals surface area contributed by atoms with Crippen LogP contribution in [0.15, 0.2) is 34.9 Å². The van der Waals surface area contributed by atoms with Gasteiger partial charge in [-0.25, -0.2) is 0 Å². The largest absolute Gasteiger partial charge is 0.385 e. The number of aromatic nitrogens is 2. The van der Waals surface area contributed by atoms with E-state index in [1.807, 2.05) is 17.9 Å². The number of fused-ring (bicyclic) bond motifs is 1. The number of aryl methyl sites for hydroxylation is 1. The molecule has 1 aromatic heterocycles. The maximum Gasteiger partial charge on any atom is 0.0492 e. The molecule has 0 saturated heterocycles. The zero-order valence-electron chi connectivity index (χ0n) is 9.65. The molecule has 1 aliphatic heterocycles. The Balaban J connectivity index is 2.10. The minimum atomic E-state index is 0.441. The summed E-state index contributed by atoms with van der Waals surface area (Å²) in [6.07, 6.45) is 2.98. The van der Waals surface area contributed by atoms with Gasteiger partial charge in [0.15, 0.2) is 0 Å². The second-order valence-electron chi connectivity index (χ2n) is 4.38. The summed E-state index contributed by atoms with van der Waals surface area (Å²) in [6, 6.07) is 8.54. The summed E-state index contributed by atoms with van der Waals surface area (Å²) in [5, 5.41) is 7.72. The van der Waals surface area contributed by atoms with Crippen LogP contribution in [0.25, 0.3) is 0 Å². The lowest BCUT2D eigenvalue weighted by Crippen LogP contribution is -2.19. The van der Waals surface area contributed by atoms with Gasteiger partial charge in [-0.1, -0.05) is 15.9 Å². The predicted octanol–water partition coefficient (Wildman–Crippen LogP) is 3.13. The SMILES string of the molecule is Cn1nccc1C1CCNc2ccc(Br)cc21. The van der Waals surface area contributed by atoms with Crippen molar-refractivity contribution >= 4 is 21.6 Å². The van der Waals surface area contributed by atoms with Gasteiger partial charge in [0.1, 0.15) is 0 Å². The monoisotopic (exact) mass is 291 g/mol. The maximum atomic E-state index is 4.27. The second-order valence-corrected chi connectivity index (χ2v) is 5.29. The van der Waals surface area contributed by atoms with E-state index >= 15 is 0 Å². The molecule has 1 aliphatic rings. The summed E-state index contributed by atoms with van der Waals surface area (Å²) < 4.78 is 3.10. The molecular weight excluding hydrogens is 278 g/mol. The van der Waals surface area contributed by atoms with Gasteiger partial charge in [-0.05, 0) is 36.2 Å². The van der Waals surface area contributed by atoms with Crippen LogP contribution in [0.1, 0.15) is 23.6 Å². The quantitative estimate of drug-likeness (QED) is 0.875. The molecule has 0 radical (unpaired) electrons. The molecule has 0 spiro atoms. The van der Waals surface area contributed by atoms with Crippen LogP contribution in [0.4, 0.5) is 5.69 Å². The average Bonchev–Trinajstić information content (AvgIpc) is 2.74. The topological polar surface area (TPSA) is 29.9 Å². The molecule has 2 aromatic rings. The normalized spacial score (nSPS) is 18.6. The molecule has 1 aromatic carbocycles. The molecule has 0 aliphatic carbocycles. The van der Waals surface area contributed by atoms with Crippen molar-refractivity contribution < 1.29 is 0 Å². The third-order valence-electron chi connectivity index (χ3n) is 3.35. The molecule has 1 unspecified atom stereocenters. The van der Waals surface area contributed by atoms with E-state index in [1.165, 1.54) is 16.9 Å². The van der Waals surface area contributed by atoms with Gasteiger partial charge in [-0.2, -0.15) is 5.10 Å². The molecule has 0 fully saturated rings. The van der Waals surface area contributed by atoms with Crippen molar-refractivity contribution in [1.29, 1.82) is 0 Å². The summed E-state index contributed by atoms with van der Waals surface area (Å²) in [6.45, 7) is 1.02. The predicted molar refractivity (Wildman–Crippen MR) is 72.3 cm³/mol. The van der Waals surface area contributed by atoms with E-state index in [1.54, 1.807) is 0 Å². The molecule has 0 saturated carbocycles. The van der Waals surface area contributed by atoms with Gasteiger partial charge < -0.3 is 5.32 Å². The molecule has 4 heteroatoms. The third-order valence-corrected chi connectivity index (χ3v) is 3.85. The van der Waals surface area contributed by atoms with E-state index in [2.05, 4.69) is 50.6 Å². The molecule has 2 heterocycles. The second kappa shape index (κ2) is 4.18. The maximum absolute atomic E-state index is 4.27. The Morgan fingerprint density at radius 1 is 1.41 bits per heavy atom. The van der Waals surface area contributed by atoms with Crippen LogP contribution in [0, 0.1) is 0 Å². The summed E-state index contributed by atoms with van der Waals surface area (Å²) in [4.78, 5) is 0. The van der Waals surface area contributed by atoms with Crippen molar-refractivity contribution in [3.8, 4) is 0 Å². The minimum Gasteiger partial charge on any atom is -0.385 e. The van der Waals surface area contributed by atoms with Gasteiger partial charge >= 0.3 is 0 Å². The van der Waals surface area contributed by atoms with Gasteiger partial charge in [0.2, 0.25) is 0 Å². The van der Waals surface area contributed by atoms with Gasteiger partial charge in [-0.15, -0.1) is 0 Å². The highest BCUT2D eigenvalue weighted by Gasteiger charge is 2.23. The van der Waals surface area contributed by atoms with Crippen molar-refractivity contribution in [2.45, 2.75) is 12.3 Å². The average molecular weight is 292 g/mol. The Hall–Kier alpha value is -1.29.